The highest BCUT2D eigenvalue weighted by Gasteiger charge is 2.35. The van der Waals surface area contributed by atoms with E-state index in [0.717, 1.165) is 15.4 Å². The quantitative estimate of drug-likeness (QED) is 0.398. The molecule has 204 valence electrons. The van der Waals surface area contributed by atoms with Gasteiger partial charge < -0.3 is 9.64 Å². The number of benzene rings is 1. The van der Waals surface area contributed by atoms with Gasteiger partial charge in [-0.25, -0.2) is 13.1 Å². The highest BCUT2D eigenvalue weighted by molar-refractivity contribution is 7.92. The van der Waals surface area contributed by atoms with Gasteiger partial charge in [0.25, 0.3) is 15.6 Å². The van der Waals surface area contributed by atoms with Crippen LogP contribution in [0.2, 0.25) is 0 Å². The lowest BCUT2D eigenvalue weighted by molar-refractivity contribution is 0.403. The van der Waals surface area contributed by atoms with Crippen LogP contribution in [0.5, 0.6) is 5.75 Å². The summed E-state index contributed by atoms with van der Waals surface area (Å²) < 4.78 is 62.8. The second-order valence-electron chi connectivity index (χ2n) is 9.28. The fraction of sp³-hybridized carbons (Fsp3) is 0.375. The van der Waals surface area contributed by atoms with E-state index in [-0.39, 0.29) is 33.4 Å². The molecule has 14 heteroatoms. The van der Waals surface area contributed by atoms with Gasteiger partial charge in [-0.05, 0) is 42.0 Å². The normalized spacial score (nSPS) is 14.8. The van der Waals surface area contributed by atoms with E-state index < -0.39 is 25.6 Å². The molecule has 0 atom stereocenters. The van der Waals surface area contributed by atoms with Crippen molar-refractivity contribution in [1.29, 1.82) is 0 Å². The van der Waals surface area contributed by atoms with Gasteiger partial charge >= 0.3 is 0 Å². The first-order valence-corrected chi connectivity index (χ1v) is 15.8. The zero-order chi connectivity index (χ0) is 28.0. The summed E-state index contributed by atoms with van der Waals surface area (Å²) >= 11 is 1.41. The molecule has 1 aromatic carbocycles. The van der Waals surface area contributed by atoms with Gasteiger partial charge in [0.05, 0.1) is 29.6 Å². The molecule has 0 spiro atoms. The number of hydrogen-bond donors (Lipinski definition) is 0. The number of nitrogens with zero attached hydrogens (tertiary/aromatic N) is 5. The Hall–Kier alpha value is -3.23. The van der Waals surface area contributed by atoms with Gasteiger partial charge in [-0.2, -0.15) is 13.5 Å². The molecular weight excluding hydrogens is 550 g/mol. The maximum absolute atomic E-state index is 13.8. The highest BCUT2D eigenvalue weighted by atomic mass is 32.2. The summed E-state index contributed by atoms with van der Waals surface area (Å²) in [6, 6.07) is 7.93. The third kappa shape index (κ3) is 5.07. The predicted octanol–water partition coefficient (Wildman–Crippen LogP) is 3.01. The summed E-state index contributed by atoms with van der Waals surface area (Å²) in [5.74, 6) is 0.318. The Labute approximate surface area is 226 Å². The third-order valence-corrected chi connectivity index (χ3v) is 9.56. The monoisotopic (exact) mass is 579 g/mol. The first-order valence-electron chi connectivity index (χ1n) is 11.7. The Bertz CT molecular complexity index is 1680. The van der Waals surface area contributed by atoms with Crippen LogP contribution in [0, 0.1) is 5.92 Å². The van der Waals surface area contributed by atoms with Crippen molar-refractivity contribution < 1.29 is 21.6 Å². The molecule has 2 aromatic heterocycles. The van der Waals surface area contributed by atoms with E-state index in [1.54, 1.807) is 7.05 Å². The van der Waals surface area contributed by atoms with Gasteiger partial charge in [0.15, 0.2) is 11.6 Å². The van der Waals surface area contributed by atoms with E-state index in [1.807, 2.05) is 31.4 Å². The maximum atomic E-state index is 13.8. The van der Waals surface area contributed by atoms with E-state index in [4.69, 9.17) is 4.74 Å². The predicted molar refractivity (Wildman–Crippen MR) is 150 cm³/mol. The van der Waals surface area contributed by atoms with Crippen LogP contribution in [0.15, 0.2) is 49.8 Å². The van der Waals surface area contributed by atoms with Gasteiger partial charge in [-0.15, -0.1) is 15.7 Å². The van der Waals surface area contributed by atoms with E-state index >= 15 is 0 Å². The fourth-order valence-corrected chi connectivity index (χ4v) is 6.47. The molecule has 0 saturated carbocycles. The topological polar surface area (TPSA) is 131 Å². The summed E-state index contributed by atoms with van der Waals surface area (Å²) in [6.07, 6.45) is 1.71. The van der Waals surface area contributed by atoms with Crippen molar-refractivity contribution in [3.8, 4) is 16.3 Å². The number of hydrogen-bond acceptors (Lipinski definition) is 9. The van der Waals surface area contributed by atoms with Crippen molar-refractivity contribution in [3.63, 3.8) is 0 Å². The van der Waals surface area contributed by atoms with E-state index in [1.165, 1.54) is 53.3 Å². The summed E-state index contributed by atoms with van der Waals surface area (Å²) in [5, 5.41) is 6.45. The molecule has 0 aliphatic carbocycles. The minimum atomic E-state index is -4.32. The van der Waals surface area contributed by atoms with Crippen LogP contribution in [0.3, 0.4) is 0 Å². The van der Waals surface area contributed by atoms with E-state index in [9.17, 15) is 21.6 Å². The maximum Gasteiger partial charge on any atom is 0.286 e. The second kappa shape index (κ2) is 10.2. The van der Waals surface area contributed by atoms with Crippen LogP contribution in [0.25, 0.3) is 10.6 Å². The molecule has 0 saturated heterocycles. The lowest BCUT2D eigenvalue weighted by atomic mass is 10.1. The second-order valence-corrected chi connectivity index (χ2v) is 13.8. The summed E-state index contributed by atoms with van der Waals surface area (Å²) in [4.78, 5) is 15.8. The van der Waals surface area contributed by atoms with Crippen molar-refractivity contribution >= 4 is 48.6 Å². The fourth-order valence-electron chi connectivity index (χ4n) is 3.98. The number of anilines is 2. The van der Waals surface area contributed by atoms with Crippen molar-refractivity contribution in [3.05, 3.63) is 51.6 Å². The molecular formula is C24H29N5O6S3. The highest BCUT2D eigenvalue weighted by Crippen LogP contribution is 2.38. The zero-order valence-electron chi connectivity index (χ0n) is 21.9. The lowest BCUT2D eigenvalue weighted by Crippen LogP contribution is -2.40. The van der Waals surface area contributed by atoms with Gasteiger partial charge in [0.2, 0.25) is 10.0 Å². The van der Waals surface area contributed by atoms with Crippen LogP contribution in [0.4, 0.5) is 11.4 Å². The number of rotatable bonds is 8. The van der Waals surface area contributed by atoms with Gasteiger partial charge in [0.1, 0.15) is 16.2 Å². The molecule has 0 bridgehead atoms. The zero-order valence-corrected chi connectivity index (χ0v) is 24.3. The number of ether oxygens (including phenoxy) is 1. The van der Waals surface area contributed by atoms with E-state index in [2.05, 4.69) is 9.50 Å². The number of fused-ring (bicyclic) bond motifs is 1. The standard InChI is InChI=1S/C24H29N5O6S3/c1-15(2)11-12-29-24(30)20(22(35-5)21(25-29)18-8-7-13-36-18)23-26-38(33,34)19-14-16(28(4)37(6,31)32)9-10-17(19)27(23)3/h7-10,13-15H,11-12H2,1-6H3. The molecule has 1 aliphatic heterocycles. The Morgan fingerprint density at radius 1 is 1.21 bits per heavy atom. The van der Waals surface area contributed by atoms with Gasteiger partial charge in [-0.1, -0.05) is 19.9 Å². The van der Waals surface area contributed by atoms with Crippen LogP contribution in [0.1, 0.15) is 25.8 Å². The number of aryl methyl sites for hydroxylation is 1. The third-order valence-electron chi connectivity index (χ3n) is 6.18. The Morgan fingerprint density at radius 3 is 2.50 bits per heavy atom. The molecule has 38 heavy (non-hydrogen) atoms. The van der Waals surface area contributed by atoms with Crippen molar-refractivity contribution in [2.24, 2.45) is 10.3 Å². The SMILES string of the molecule is COc1c(-c2cccs2)nn(CCC(C)C)c(=O)c1C1=NS(=O)(=O)c2cc(N(C)S(C)(=O)=O)ccc2N1C. The summed E-state index contributed by atoms with van der Waals surface area (Å²) in [5.41, 5.74) is 0.263. The number of methoxy groups -OCH3 is 1. The summed E-state index contributed by atoms with van der Waals surface area (Å²) in [7, 11) is -3.62. The Balaban J connectivity index is 1.96. The van der Waals surface area contributed by atoms with Crippen molar-refractivity contribution in [2.45, 2.75) is 31.7 Å². The number of sulfonamides is 2. The molecule has 3 aromatic rings. The van der Waals surface area contributed by atoms with Crippen molar-refractivity contribution in [1.82, 2.24) is 9.78 Å². The lowest BCUT2D eigenvalue weighted by Gasteiger charge is -2.29. The van der Waals surface area contributed by atoms with Crippen LogP contribution < -0.4 is 19.5 Å². The Morgan fingerprint density at radius 2 is 1.92 bits per heavy atom. The molecule has 0 N–H and O–H groups in total. The molecule has 3 heterocycles. The molecule has 0 amide bonds. The van der Waals surface area contributed by atoms with Crippen LogP contribution in [-0.4, -0.2) is 59.9 Å². The van der Waals surface area contributed by atoms with E-state index in [0.29, 0.717) is 24.6 Å². The average molecular weight is 580 g/mol. The number of amidine groups is 1. The molecule has 0 radical (unpaired) electrons. The molecule has 0 unspecified atom stereocenters. The number of thiophene rings is 1. The smallest absolute Gasteiger partial charge is 0.286 e. The summed E-state index contributed by atoms with van der Waals surface area (Å²) in [6.45, 7) is 4.40. The largest absolute Gasteiger partial charge is 0.493 e. The van der Waals surface area contributed by atoms with Gasteiger partial charge in [-0.3, -0.25) is 9.10 Å². The molecule has 1 aliphatic rings. The Kier molecular flexibility index (Phi) is 7.43. The average Bonchev–Trinajstić information content (AvgIpc) is 3.39. The van der Waals surface area contributed by atoms with Crippen molar-refractivity contribution in [2.75, 3.05) is 36.7 Å². The molecule has 0 fully saturated rings. The van der Waals surface area contributed by atoms with Crippen LogP contribution in [-0.2, 0) is 26.6 Å². The molecule has 4 rings (SSSR count). The first kappa shape index (κ1) is 27.8. The first-order chi connectivity index (χ1) is 17.8. The number of aromatic nitrogens is 2. The minimum absolute atomic E-state index is 0.0243. The van der Waals surface area contributed by atoms with Gasteiger partial charge in [0, 0.05) is 20.6 Å². The molecule has 11 nitrogen and oxygen atoms in total. The van der Waals surface area contributed by atoms with Crippen LogP contribution >= 0.6 is 11.3 Å². The minimum Gasteiger partial charge on any atom is -0.493 e.